The van der Waals surface area contributed by atoms with Crippen LogP contribution in [-0.4, -0.2) is 12.1 Å². The smallest absolute Gasteiger partial charge is 0.136 e. The molecule has 0 saturated heterocycles. The van der Waals surface area contributed by atoms with Crippen LogP contribution in [0, 0.1) is 17.3 Å². The molecular weight excluding hydrogens is 176 g/mol. The Hall–Kier alpha value is -0.660. The first-order chi connectivity index (χ1) is 6.65. The molecule has 0 bridgehead atoms. The van der Waals surface area contributed by atoms with Gasteiger partial charge in [-0.15, -0.1) is 0 Å². The van der Waals surface area contributed by atoms with E-state index in [-0.39, 0.29) is 17.3 Å². The molecule has 0 radical (unpaired) electrons. The Morgan fingerprint density at radius 2 is 2.21 bits per heavy atom. The number of hydrogen-bond donors (Lipinski definition) is 0. The van der Waals surface area contributed by atoms with Crippen molar-refractivity contribution >= 4 is 12.1 Å². The molecule has 2 aliphatic carbocycles. The van der Waals surface area contributed by atoms with Crippen molar-refractivity contribution in [3.63, 3.8) is 0 Å². The fourth-order valence-electron chi connectivity index (χ4n) is 3.18. The monoisotopic (exact) mass is 194 g/mol. The van der Waals surface area contributed by atoms with E-state index in [2.05, 4.69) is 6.92 Å². The summed E-state index contributed by atoms with van der Waals surface area (Å²) >= 11 is 0. The van der Waals surface area contributed by atoms with Gasteiger partial charge in [0, 0.05) is 18.3 Å². The lowest BCUT2D eigenvalue weighted by Crippen LogP contribution is -2.42. The van der Waals surface area contributed by atoms with Crippen molar-refractivity contribution in [2.75, 3.05) is 0 Å². The molecule has 2 aliphatic rings. The number of hydrogen-bond acceptors (Lipinski definition) is 2. The molecule has 2 saturated carbocycles. The van der Waals surface area contributed by atoms with Crippen LogP contribution < -0.4 is 0 Å². The second-order valence-electron chi connectivity index (χ2n) is 5.20. The second-order valence-corrected chi connectivity index (χ2v) is 5.20. The number of fused-ring (bicyclic) bond motifs is 1. The van der Waals surface area contributed by atoms with Gasteiger partial charge in [0.05, 0.1) is 0 Å². The molecule has 78 valence electrons. The van der Waals surface area contributed by atoms with Crippen molar-refractivity contribution in [2.45, 2.75) is 45.4 Å². The molecule has 2 heteroatoms. The Bertz CT molecular complexity index is 259. The van der Waals surface area contributed by atoms with Crippen LogP contribution in [0.3, 0.4) is 0 Å². The number of carbonyl (C=O) groups excluding carboxylic acids is 2. The average Bonchev–Trinajstić information content (AvgIpc) is 2.17. The third-order valence-electron chi connectivity index (χ3n) is 4.22. The van der Waals surface area contributed by atoms with Crippen molar-refractivity contribution < 1.29 is 9.59 Å². The Morgan fingerprint density at radius 3 is 2.93 bits per heavy atom. The maximum absolute atomic E-state index is 11.8. The molecule has 3 atom stereocenters. The van der Waals surface area contributed by atoms with Crippen LogP contribution in [0.5, 0.6) is 0 Å². The van der Waals surface area contributed by atoms with E-state index >= 15 is 0 Å². The van der Waals surface area contributed by atoms with Gasteiger partial charge in [-0.1, -0.05) is 6.92 Å². The SMILES string of the molecule is CC12CCCC(=O)C1CC(C=O)CC2. The van der Waals surface area contributed by atoms with Crippen molar-refractivity contribution in [3.8, 4) is 0 Å². The Kier molecular flexibility index (Phi) is 2.46. The van der Waals surface area contributed by atoms with Crippen LogP contribution in [0.15, 0.2) is 0 Å². The number of ketones is 1. The van der Waals surface area contributed by atoms with Crippen LogP contribution >= 0.6 is 0 Å². The standard InChI is InChI=1S/C12H18O2/c1-12-5-2-3-11(14)10(12)7-9(8-13)4-6-12/h8-10H,2-7H2,1H3. The molecule has 0 spiro atoms. The van der Waals surface area contributed by atoms with Gasteiger partial charge in [0.2, 0.25) is 0 Å². The van der Waals surface area contributed by atoms with Crippen molar-refractivity contribution in [1.29, 1.82) is 0 Å². The maximum Gasteiger partial charge on any atom is 0.136 e. The summed E-state index contributed by atoms with van der Waals surface area (Å²) in [5, 5.41) is 0. The van der Waals surface area contributed by atoms with E-state index in [1.165, 1.54) is 6.42 Å². The largest absolute Gasteiger partial charge is 0.303 e. The molecule has 0 aromatic carbocycles. The van der Waals surface area contributed by atoms with Crippen molar-refractivity contribution in [1.82, 2.24) is 0 Å². The number of aldehydes is 1. The lowest BCUT2D eigenvalue weighted by Gasteiger charge is -2.45. The highest BCUT2D eigenvalue weighted by molar-refractivity contribution is 5.83. The predicted octanol–water partition coefficient (Wildman–Crippen LogP) is 2.36. The summed E-state index contributed by atoms with van der Waals surface area (Å²) in [6, 6.07) is 0. The molecule has 0 amide bonds. The lowest BCUT2D eigenvalue weighted by atomic mass is 9.58. The van der Waals surface area contributed by atoms with Crippen molar-refractivity contribution in [3.05, 3.63) is 0 Å². The van der Waals surface area contributed by atoms with Crippen LogP contribution in [0.25, 0.3) is 0 Å². The highest BCUT2D eigenvalue weighted by Gasteiger charge is 2.45. The molecule has 14 heavy (non-hydrogen) atoms. The van der Waals surface area contributed by atoms with E-state index in [0.717, 1.165) is 38.4 Å². The van der Waals surface area contributed by atoms with Gasteiger partial charge in [0.1, 0.15) is 12.1 Å². The van der Waals surface area contributed by atoms with Gasteiger partial charge >= 0.3 is 0 Å². The minimum Gasteiger partial charge on any atom is -0.303 e. The molecule has 0 aromatic rings. The molecule has 3 unspecified atom stereocenters. The third kappa shape index (κ3) is 1.51. The van der Waals surface area contributed by atoms with Gasteiger partial charge in [-0.05, 0) is 37.5 Å². The van der Waals surface area contributed by atoms with Gasteiger partial charge < -0.3 is 4.79 Å². The highest BCUT2D eigenvalue weighted by Crippen LogP contribution is 2.49. The molecule has 2 nitrogen and oxygen atoms in total. The van der Waals surface area contributed by atoms with E-state index in [9.17, 15) is 9.59 Å². The first kappa shape index (κ1) is 9.88. The van der Waals surface area contributed by atoms with Gasteiger partial charge in [0.25, 0.3) is 0 Å². The zero-order valence-corrected chi connectivity index (χ0v) is 8.79. The summed E-state index contributed by atoms with van der Waals surface area (Å²) in [7, 11) is 0. The summed E-state index contributed by atoms with van der Waals surface area (Å²) in [6.45, 7) is 2.23. The molecule has 2 fully saturated rings. The number of Topliss-reactive ketones (excluding diaryl/α,β-unsaturated/α-hetero) is 1. The van der Waals surface area contributed by atoms with E-state index in [1.807, 2.05) is 0 Å². The molecule has 0 N–H and O–H groups in total. The van der Waals surface area contributed by atoms with Crippen molar-refractivity contribution in [2.24, 2.45) is 17.3 Å². The van der Waals surface area contributed by atoms with Crippen LogP contribution in [0.2, 0.25) is 0 Å². The summed E-state index contributed by atoms with van der Waals surface area (Å²) < 4.78 is 0. The topological polar surface area (TPSA) is 34.1 Å². The molecular formula is C12H18O2. The van der Waals surface area contributed by atoms with Crippen LogP contribution in [-0.2, 0) is 9.59 Å². The fraction of sp³-hybridized carbons (Fsp3) is 0.833. The Morgan fingerprint density at radius 1 is 1.43 bits per heavy atom. The normalized spacial score (nSPS) is 43.1. The van der Waals surface area contributed by atoms with Gasteiger partial charge in [-0.2, -0.15) is 0 Å². The van der Waals surface area contributed by atoms with E-state index in [0.29, 0.717) is 5.78 Å². The van der Waals surface area contributed by atoms with Crippen LogP contribution in [0.4, 0.5) is 0 Å². The molecule has 0 heterocycles. The summed E-state index contributed by atoms with van der Waals surface area (Å²) in [4.78, 5) is 22.5. The number of carbonyl (C=O) groups is 2. The number of rotatable bonds is 1. The Labute approximate surface area is 85.1 Å². The van der Waals surface area contributed by atoms with Gasteiger partial charge in [0.15, 0.2) is 0 Å². The maximum atomic E-state index is 11.8. The van der Waals surface area contributed by atoms with Gasteiger partial charge in [-0.25, -0.2) is 0 Å². The highest BCUT2D eigenvalue weighted by atomic mass is 16.1. The zero-order chi connectivity index (χ0) is 10.2. The minimum atomic E-state index is 0.148. The second kappa shape index (κ2) is 3.48. The quantitative estimate of drug-likeness (QED) is 0.600. The minimum absolute atomic E-state index is 0.148. The summed E-state index contributed by atoms with van der Waals surface area (Å²) in [5.74, 6) is 0.737. The van der Waals surface area contributed by atoms with E-state index < -0.39 is 0 Å². The van der Waals surface area contributed by atoms with E-state index in [1.54, 1.807) is 0 Å². The van der Waals surface area contributed by atoms with Crippen LogP contribution in [0.1, 0.15) is 45.4 Å². The average molecular weight is 194 g/mol. The van der Waals surface area contributed by atoms with Gasteiger partial charge in [-0.3, -0.25) is 4.79 Å². The summed E-state index contributed by atoms with van der Waals surface area (Å²) in [5.41, 5.74) is 0.217. The predicted molar refractivity (Wildman–Crippen MR) is 53.9 cm³/mol. The lowest BCUT2D eigenvalue weighted by molar-refractivity contribution is -0.134. The van der Waals surface area contributed by atoms with E-state index in [4.69, 9.17) is 0 Å². The summed E-state index contributed by atoms with van der Waals surface area (Å²) in [6.07, 6.45) is 6.88. The fourth-order valence-corrected chi connectivity index (χ4v) is 3.18. The Balaban J connectivity index is 2.16. The first-order valence-corrected chi connectivity index (χ1v) is 5.64. The first-order valence-electron chi connectivity index (χ1n) is 5.64. The molecule has 0 aromatic heterocycles. The third-order valence-corrected chi connectivity index (χ3v) is 4.22. The zero-order valence-electron chi connectivity index (χ0n) is 8.79. The molecule has 2 rings (SSSR count). The molecule has 0 aliphatic heterocycles.